The number of amides is 1. The molecule has 1 aromatic carbocycles. The van der Waals surface area contributed by atoms with Crippen molar-refractivity contribution in [2.75, 3.05) is 24.3 Å². The number of nitrogens with zero attached hydrogens (tertiary/aromatic N) is 2. The largest absolute Gasteiger partial charge is 0.377 e. The van der Waals surface area contributed by atoms with Crippen LogP contribution < -0.4 is 10.2 Å². The van der Waals surface area contributed by atoms with Crippen LogP contribution in [0.2, 0.25) is 0 Å². The summed E-state index contributed by atoms with van der Waals surface area (Å²) in [4.78, 5) is 17.9. The van der Waals surface area contributed by atoms with E-state index < -0.39 is 0 Å². The molecule has 5 heteroatoms. The Bertz CT molecular complexity index is 549. The topological polar surface area (TPSA) is 45.2 Å². The first-order valence-electron chi connectivity index (χ1n) is 5.56. The fourth-order valence-corrected chi connectivity index (χ4v) is 2.29. The van der Waals surface area contributed by atoms with E-state index in [4.69, 9.17) is 0 Å². The number of hydrogen-bond donors (Lipinski definition) is 1. The van der Waals surface area contributed by atoms with Crippen LogP contribution in [0.25, 0.3) is 0 Å². The summed E-state index contributed by atoms with van der Waals surface area (Å²) < 4.78 is 0. The lowest BCUT2D eigenvalue weighted by Crippen LogP contribution is -2.15. The quantitative estimate of drug-likeness (QED) is 0.924. The molecule has 0 saturated carbocycles. The SMILES string of the molecule is Cc1c(NC(=O)c2cscn2)cccc1N(C)C. The number of carbonyl (C=O) groups is 1. The van der Waals surface area contributed by atoms with Gasteiger partial charge >= 0.3 is 0 Å². The Kier molecular flexibility index (Phi) is 3.62. The number of carbonyl (C=O) groups excluding carboxylic acids is 1. The number of rotatable bonds is 3. The molecule has 1 N–H and O–H groups in total. The van der Waals surface area contributed by atoms with Crippen molar-refractivity contribution in [1.82, 2.24) is 4.98 Å². The molecule has 0 radical (unpaired) electrons. The second kappa shape index (κ2) is 5.18. The Morgan fingerprint density at radius 2 is 2.17 bits per heavy atom. The molecule has 0 atom stereocenters. The van der Waals surface area contributed by atoms with Crippen molar-refractivity contribution in [3.63, 3.8) is 0 Å². The molecular weight excluding hydrogens is 246 g/mol. The van der Waals surface area contributed by atoms with Crippen LogP contribution in [-0.2, 0) is 0 Å². The Labute approximate surface area is 110 Å². The Hall–Kier alpha value is -1.88. The number of hydrogen-bond acceptors (Lipinski definition) is 4. The van der Waals surface area contributed by atoms with Crippen LogP contribution in [-0.4, -0.2) is 25.0 Å². The molecule has 0 fully saturated rings. The van der Waals surface area contributed by atoms with Crippen LogP contribution in [0.4, 0.5) is 11.4 Å². The lowest BCUT2D eigenvalue weighted by atomic mass is 10.1. The first-order valence-corrected chi connectivity index (χ1v) is 6.50. The van der Waals surface area contributed by atoms with Gasteiger partial charge in [-0.1, -0.05) is 6.07 Å². The van der Waals surface area contributed by atoms with E-state index >= 15 is 0 Å². The minimum atomic E-state index is -0.171. The maximum Gasteiger partial charge on any atom is 0.275 e. The molecule has 0 aliphatic rings. The first-order chi connectivity index (χ1) is 8.59. The lowest BCUT2D eigenvalue weighted by molar-refractivity contribution is 0.102. The van der Waals surface area contributed by atoms with Crippen molar-refractivity contribution >= 4 is 28.6 Å². The van der Waals surface area contributed by atoms with Gasteiger partial charge in [-0.25, -0.2) is 4.98 Å². The smallest absolute Gasteiger partial charge is 0.275 e. The monoisotopic (exact) mass is 261 g/mol. The van der Waals surface area contributed by atoms with Crippen LogP contribution in [0.15, 0.2) is 29.1 Å². The minimum absolute atomic E-state index is 0.171. The molecule has 94 valence electrons. The number of anilines is 2. The van der Waals surface area contributed by atoms with Gasteiger partial charge in [0.15, 0.2) is 0 Å². The predicted octanol–water partition coefficient (Wildman–Crippen LogP) is 2.77. The molecule has 0 spiro atoms. The maximum absolute atomic E-state index is 11.9. The van der Waals surface area contributed by atoms with E-state index in [1.807, 2.05) is 44.1 Å². The highest BCUT2D eigenvalue weighted by Gasteiger charge is 2.11. The number of thiazole rings is 1. The fourth-order valence-electron chi connectivity index (χ4n) is 1.75. The third-order valence-corrected chi connectivity index (χ3v) is 3.29. The van der Waals surface area contributed by atoms with Crippen LogP contribution >= 0.6 is 11.3 Å². The van der Waals surface area contributed by atoms with Crippen molar-refractivity contribution in [2.24, 2.45) is 0 Å². The molecular formula is C13H15N3OS. The second-order valence-corrected chi connectivity index (χ2v) is 4.89. The summed E-state index contributed by atoms with van der Waals surface area (Å²) in [5.41, 5.74) is 5.06. The van der Waals surface area contributed by atoms with Crippen molar-refractivity contribution in [2.45, 2.75) is 6.92 Å². The molecule has 1 aromatic heterocycles. The second-order valence-electron chi connectivity index (χ2n) is 4.17. The molecule has 1 amide bonds. The predicted molar refractivity (Wildman–Crippen MR) is 75.6 cm³/mol. The van der Waals surface area contributed by atoms with E-state index in [0.717, 1.165) is 16.9 Å². The summed E-state index contributed by atoms with van der Waals surface area (Å²) in [6, 6.07) is 5.85. The average molecular weight is 261 g/mol. The molecule has 0 unspecified atom stereocenters. The Balaban J connectivity index is 2.25. The van der Waals surface area contributed by atoms with Gasteiger partial charge in [0.1, 0.15) is 5.69 Å². The molecule has 18 heavy (non-hydrogen) atoms. The van der Waals surface area contributed by atoms with E-state index in [1.165, 1.54) is 11.3 Å². The van der Waals surface area contributed by atoms with Crippen molar-refractivity contribution in [3.05, 3.63) is 40.3 Å². The Morgan fingerprint density at radius 1 is 1.39 bits per heavy atom. The Morgan fingerprint density at radius 3 is 2.78 bits per heavy atom. The van der Waals surface area contributed by atoms with Gasteiger partial charge in [0.25, 0.3) is 5.91 Å². The third-order valence-electron chi connectivity index (χ3n) is 2.70. The molecule has 0 aliphatic carbocycles. The highest BCUT2D eigenvalue weighted by atomic mass is 32.1. The van der Waals surface area contributed by atoms with Gasteiger partial charge in [-0.3, -0.25) is 4.79 Å². The van der Waals surface area contributed by atoms with Crippen LogP contribution in [0.3, 0.4) is 0 Å². The zero-order valence-electron chi connectivity index (χ0n) is 10.6. The third kappa shape index (κ3) is 2.51. The summed E-state index contributed by atoms with van der Waals surface area (Å²) in [5.74, 6) is -0.171. The van der Waals surface area contributed by atoms with E-state index in [-0.39, 0.29) is 5.91 Å². The molecule has 1 heterocycles. The normalized spacial score (nSPS) is 10.2. The maximum atomic E-state index is 11.9. The zero-order valence-corrected chi connectivity index (χ0v) is 11.4. The summed E-state index contributed by atoms with van der Waals surface area (Å²) in [7, 11) is 3.96. The van der Waals surface area contributed by atoms with Crippen molar-refractivity contribution < 1.29 is 4.79 Å². The van der Waals surface area contributed by atoms with Gasteiger partial charge in [0.05, 0.1) is 5.51 Å². The van der Waals surface area contributed by atoms with Gasteiger partial charge in [-0.05, 0) is 24.6 Å². The molecule has 4 nitrogen and oxygen atoms in total. The van der Waals surface area contributed by atoms with E-state index in [2.05, 4.69) is 10.3 Å². The van der Waals surface area contributed by atoms with Gasteiger partial charge in [0, 0.05) is 30.9 Å². The van der Waals surface area contributed by atoms with Crippen LogP contribution in [0, 0.1) is 6.92 Å². The minimum Gasteiger partial charge on any atom is -0.377 e. The molecule has 0 aliphatic heterocycles. The molecule has 0 bridgehead atoms. The zero-order chi connectivity index (χ0) is 13.1. The highest BCUT2D eigenvalue weighted by Crippen LogP contribution is 2.25. The number of nitrogens with one attached hydrogen (secondary N) is 1. The van der Waals surface area contributed by atoms with Gasteiger partial charge in [-0.2, -0.15) is 0 Å². The fraction of sp³-hybridized carbons (Fsp3) is 0.231. The van der Waals surface area contributed by atoms with Gasteiger partial charge in [-0.15, -0.1) is 11.3 Å². The summed E-state index contributed by atoms with van der Waals surface area (Å²) in [6.07, 6.45) is 0. The number of aromatic nitrogens is 1. The van der Waals surface area contributed by atoms with Crippen LogP contribution in [0.1, 0.15) is 16.1 Å². The summed E-state index contributed by atoms with van der Waals surface area (Å²) in [6.45, 7) is 1.99. The van der Waals surface area contributed by atoms with E-state index in [9.17, 15) is 4.79 Å². The molecule has 2 rings (SSSR count). The van der Waals surface area contributed by atoms with Crippen LogP contribution in [0.5, 0.6) is 0 Å². The highest BCUT2D eigenvalue weighted by molar-refractivity contribution is 7.07. The van der Waals surface area contributed by atoms with Crippen molar-refractivity contribution in [3.8, 4) is 0 Å². The van der Waals surface area contributed by atoms with E-state index in [1.54, 1.807) is 10.9 Å². The molecule has 2 aromatic rings. The average Bonchev–Trinajstić information content (AvgIpc) is 2.85. The number of benzene rings is 1. The van der Waals surface area contributed by atoms with Gasteiger partial charge in [0.2, 0.25) is 0 Å². The standard InChI is InChI=1S/C13H15N3OS/c1-9-10(5-4-6-12(9)16(2)3)15-13(17)11-7-18-8-14-11/h4-8H,1-3H3,(H,15,17). The van der Waals surface area contributed by atoms with Crippen molar-refractivity contribution in [1.29, 1.82) is 0 Å². The lowest BCUT2D eigenvalue weighted by Gasteiger charge is -2.18. The molecule has 0 saturated heterocycles. The van der Waals surface area contributed by atoms with Gasteiger partial charge < -0.3 is 10.2 Å². The summed E-state index contributed by atoms with van der Waals surface area (Å²) >= 11 is 1.41. The first kappa shape index (κ1) is 12.6. The van der Waals surface area contributed by atoms with E-state index in [0.29, 0.717) is 5.69 Å². The summed E-state index contributed by atoms with van der Waals surface area (Å²) in [5, 5.41) is 4.62.